The second-order valence-corrected chi connectivity index (χ2v) is 5.30. The SMILES string of the molecule is Nc1cnc(CN2CCC3CCCCC32)cn1. The molecule has 2 N–H and O–H groups in total. The van der Waals surface area contributed by atoms with E-state index in [1.807, 2.05) is 6.20 Å². The number of rotatable bonds is 2. The molecule has 17 heavy (non-hydrogen) atoms. The van der Waals surface area contributed by atoms with Crippen LogP contribution in [0.5, 0.6) is 0 Å². The monoisotopic (exact) mass is 232 g/mol. The zero-order valence-corrected chi connectivity index (χ0v) is 10.2. The van der Waals surface area contributed by atoms with Crippen LogP contribution in [-0.2, 0) is 6.54 Å². The highest BCUT2D eigenvalue weighted by Gasteiger charge is 2.35. The lowest BCUT2D eigenvalue weighted by atomic mass is 9.85. The van der Waals surface area contributed by atoms with Gasteiger partial charge in [0.15, 0.2) is 0 Å². The third-order valence-electron chi connectivity index (χ3n) is 4.22. The first-order chi connectivity index (χ1) is 8.33. The highest BCUT2D eigenvalue weighted by molar-refractivity contribution is 5.22. The fourth-order valence-corrected chi connectivity index (χ4v) is 3.35. The van der Waals surface area contributed by atoms with Gasteiger partial charge in [0, 0.05) is 12.6 Å². The normalized spacial score (nSPS) is 29.2. The van der Waals surface area contributed by atoms with Gasteiger partial charge < -0.3 is 5.73 Å². The predicted molar refractivity (Wildman–Crippen MR) is 67.2 cm³/mol. The van der Waals surface area contributed by atoms with Gasteiger partial charge in [0.2, 0.25) is 0 Å². The molecule has 0 aromatic carbocycles. The van der Waals surface area contributed by atoms with Crippen LogP contribution in [0, 0.1) is 5.92 Å². The molecule has 0 spiro atoms. The van der Waals surface area contributed by atoms with Crippen LogP contribution in [-0.4, -0.2) is 27.5 Å². The first-order valence-electron chi connectivity index (χ1n) is 6.63. The maximum absolute atomic E-state index is 5.55. The number of hydrogen-bond donors (Lipinski definition) is 1. The lowest BCUT2D eigenvalue weighted by molar-refractivity contribution is 0.174. The van der Waals surface area contributed by atoms with E-state index < -0.39 is 0 Å². The summed E-state index contributed by atoms with van der Waals surface area (Å²) in [6, 6.07) is 0.795. The van der Waals surface area contributed by atoms with Gasteiger partial charge in [-0.3, -0.25) is 9.88 Å². The smallest absolute Gasteiger partial charge is 0.141 e. The van der Waals surface area contributed by atoms with Crippen molar-refractivity contribution in [2.75, 3.05) is 12.3 Å². The standard InChI is InChI=1S/C13H20N4/c14-13-8-15-11(7-16-13)9-17-6-5-10-3-1-2-4-12(10)17/h7-8,10,12H,1-6,9H2,(H2,14,16). The quantitative estimate of drug-likeness (QED) is 0.845. The second-order valence-electron chi connectivity index (χ2n) is 5.30. The van der Waals surface area contributed by atoms with Crippen molar-refractivity contribution in [1.29, 1.82) is 0 Å². The summed E-state index contributed by atoms with van der Waals surface area (Å²) in [6.07, 6.45) is 10.5. The van der Waals surface area contributed by atoms with Crippen molar-refractivity contribution < 1.29 is 0 Å². The molecule has 0 bridgehead atoms. The van der Waals surface area contributed by atoms with Crippen molar-refractivity contribution in [3.63, 3.8) is 0 Å². The summed E-state index contributed by atoms with van der Waals surface area (Å²) in [5.74, 6) is 1.44. The average molecular weight is 232 g/mol. The van der Waals surface area contributed by atoms with E-state index in [2.05, 4.69) is 14.9 Å². The van der Waals surface area contributed by atoms with Gasteiger partial charge in [-0.25, -0.2) is 4.98 Å². The van der Waals surface area contributed by atoms with Crippen molar-refractivity contribution in [3.8, 4) is 0 Å². The van der Waals surface area contributed by atoms with E-state index in [0.717, 1.165) is 24.2 Å². The van der Waals surface area contributed by atoms with Crippen molar-refractivity contribution in [2.24, 2.45) is 5.92 Å². The van der Waals surface area contributed by atoms with Crippen LogP contribution < -0.4 is 5.73 Å². The molecule has 2 aliphatic rings. The maximum Gasteiger partial charge on any atom is 0.141 e. The largest absolute Gasteiger partial charge is 0.382 e. The summed E-state index contributed by atoms with van der Waals surface area (Å²) in [5, 5.41) is 0. The van der Waals surface area contributed by atoms with E-state index in [4.69, 9.17) is 5.73 Å². The molecule has 3 rings (SSSR count). The van der Waals surface area contributed by atoms with E-state index in [1.165, 1.54) is 38.6 Å². The summed E-state index contributed by atoms with van der Waals surface area (Å²) < 4.78 is 0. The van der Waals surface area contributed by atoms with Crippen LogP contribution >= 0.6 is 0 Å². The summed E-state index contributed by atoms with van der Waals surface area (Å²) in [4.78, 5) is 11.1. The Bertz CT molecular complexity index is 376. The number of nitrogen functional groups attached to an aromatic ring is 1. The number of aromatic nitrogens is 2. The van der Waals surface area contributed by atoms with Gasteiger partial charge >= 0.3 is 0 Å². The first-order valence-corrected chi connectivity index (χ1v) is 6.63. The van der Waals surface area contributed by atoms with E-state index in [1.54, 1.807) is 6.20 Å². The topological polar surface area (TPSA) is 55.0 Å². The molecule has 2 atom stereocenters. The fourth-order valence-electron chi connectivity index (χ4n) is 3.35. The number of anilines is 1. The number of nitrogens with zero attached hydrogens (tertiary/aromatic N) is 3. The molecule has 1 aromatic rings. The Morgan fingerprint density at radius 2 is 2.06 bits per heavy atom. The second kappa shape index (κ2) is 4.61. The van der Waals surface area contributed by atoms with Crippen molar-refractivity contribution in [2.45, 2.75) is 44.7 Å². The Morgan fingerprint density at radius 3 is 2.88 bits per heavy atom. The molecule has 0 amide bonds. The highest BCUT2D eigenvalue weighted by atomic mass is 15.2. The Labute approximate surface area is 102 Å². The van der Waals surface area contributed by atoms with Crippen molar-refractivity contribution in [1.82, 2.24) is 14.9 Å². The maximum atomic E-state index is 5.55. The van der Waals surface area contributed by atoms with Gasteiger partial charge in [0.1, 0.15) is 5.82 Å². The van der Waals surface area contributed by atoms with Crippen molar-refractivity contribution >= 4 is 5.82 Å². The summed E-state index contributed by atoms with van der Waals surface area (Å²) >= 11 is 0. The van der Waals surface area contributed by atoms with Gasteiger partial charge in [0.05, 0.1) is 18.1 Å². The molecule has 1 aliphatic heterocycles. The van der Waals surface area contributed by atoms with Crippen LogP contribution in [0.4, 0.5) is 5.82 Å². The number of nitrogens with two attached hydrogens (primary N) is 1. The number of likely N-dealkylation sites (tertiary alicyclic amines) is 1. The zero-order valence-electron chi connectivity index (χ0n) is 10.2. The Morgan fingerprint density at radius 1 is 1.18 bits per heavy atom. The Hall–Kier alpha value is -1.16. The molecule has 1 aliphatic carbocycles. The van der Waals surface area contributed by atoms with Gasteiger partial charge in [0.25, 0.3) is 0 Å². The third kappa shape index (κ3) is 2.27. The minimum absolute atomic E-state index is 0.505. The van der Waals surface area contributed by atoms with E-state index in [-0.39, 0.29) is 0 Å². The molecule has 1 saturated carbocycles. The van der Waals surface area contributed by atoms with Crippen LogP contribution in [0.15, 0.2) is 12.4 Å². The molecule has 2 fully saturated rings. The summed E-state index contributed by atoms with van der Waals surface area (Å²) in [5.41, 5.74) is 6.60. The molecule has 1 aromatic heterocycles. The lowest BCUT2D eigenvalue weighted by Crippen LogP contribution is -2.34. The lowest BCUT2D eigenvalue weighted by Gasteiger charge is -2.31. The van der Waals surface area contributed by atoms with E-state index in [0.29, 0.717) is 5.82 Å². The molecule has 1 saturated heterocycles. The molecular formula is C13H20N4. The van der Waals surface area contributed by atoms with E-state index in [9.17, 15) is 0 Å². The zero-order chi connectivity index (χ0) is 11.7. The molecule has 92 valence electrons. The minimum Gasteiger partial charge on any atom is -0.382 e. The molecular weight excluding hydrogens is 212 g/mol. The van der Waals surface area contributed by atoms with Gasteiger partial charge in [-0.15, -0.1) is 0 Å². The van der Waals surface area contributed by atoms with Crippen LogP contribution in [0.1, 0.15) is 37.8 Å². The first kappa shape index (κ1) is 11.0. The van der Waals surface area contributed by atoms with Crippen LogP contribution in [0.25, 0.3) is 0 Å². The van der Waals surface area contributed by atoms with Gasteiger partial charge in [-0.1, -0.05) is 12.8 Å². The Kier molecular flexibility index (Phi) is 2.97. The van der Waals surface area contributed by atoms with Gasteiger partial charge in [-0.2, -0.15) is 0 Å². The number of fused-ring (bicyclic) bond motifs is 1. The molecule has 0 radical (unpaired) electrons. The van der Waals surface area contributed by atoms with E-state index >= 15 is 0 Å². The third-order valence-corrected chi connectivity index (χ3v) is 4.22. The fraction of sp³-hybridized carbons (Fsp3) is 0.692. The van der Waals surface area contributed by atoms with Crippen molar-refractivity contribution in [3.05, 3.63) is 18.1 Å². The van der Waals surface area contributed by atoms with Gasteiger partial charge in [-0.05, 0) is 31.7 Å². The molecule has 4 heteroatoms. The average Bonchev–Trinajstić information content (AvgIpc) is 2.76. The number of hydrogen-bond acceptors (Lipinski definition) is 4. The van der Waals surface area contributed by atoms with Crippen LogP contribution in [0.3, 0.4) is 0 Å². The summed E-state index contributed by atoms with van der Waals surface area (Å²) in [7, 11) is 0. The molecule has 2 heterocycles. The highest BCUT2D eigenvalue weighted by Crippen LogP contribution is 2.36. The molecule has 2 unspecified atom stereocenters. The van der Waals surface area contributed by atoms with Crippen LogP contribution in [0.2, 0.25) is 0 Å². The minimum atomic E-state index is 0.505. The predicted octanol–water partition coefficient (Wildman–Crippen LogP) is 1.82. The summed E-state index contributed by atoms with van der Waals surface area (Å²) in [6.45, 7) is 2.16. The Balaban J connectivity index is 1.67. The molecule has 4 nitrogen and oxygen atoms in total.